The summed E-state index contributed by atoms with van der Waals surface area (Å²) in [6, 6.07) is 13.1. The van der Waals surface area contributed by atoms with Crippen LogP contribution < -0.4 is 0 Å². The first-order valence-electron chi connectivity index (χ1n) is 9.05. The van der Waals surface area contributed by atoms with Crippen LogP contribution in [0.1, 0.15) is 23.9 Å². The maximum absolute atomic E-state index is 13.4. The summed E-state index contributed by atoms with van der Waals surface area (Å²) in [5.41, 5.74) is 1.62. The van der Waals surface area contributed by atoms with Gasteiger partial charge in [0.25, 0.3) is 0 Å². The predicted octanol–water partition coefficient (Wildman–Crippen LogP) is 5.12. The number of halogens is 4. The Morgan fingerprint density at radius 1 is 1.10 bits per heavy atom. The van der Waals surface area contributed by atoms with Crippen molar-refractivity contribution < 1.29 is 18.0 Å². The second kappa shape index (κ2) is 7.22. The molecule has 0 N–H and O–H groups in total. The lowest BCUT2D eigenvalue weighted by atomic mass is 10.1. The predicted molar refractivity (Wildman–Crippen MR) is 104 cm³/mol. The van der Waals surface area contributed by atoms with Gasteiger partial charge in [-0.3, -0.25) is 9.36 Å². The molecule has 1 aromatic heterocycles. The lowest BCUT2D eigenvalue weighted by molar-refractivity contribution is -0.137. The highest BCUT2D eigenvalue weighted by Crippen LogP contribution is 2.41. The highest BCUT2D eigenvalue weighted by molar-refractivity contribution is 6.34. The van der Waals surface area contributed by atoms with Crippen LogP contribution in [0.3, 0.4) is 0 Å². The molecule has 0 atom stereocenters. The summed E-state index contributed by atoms with van der Waals surface area (Å²) in [4.78, 5) is 18.1. The molecule has 0 aliphatic carbocycles. The Morgan fingerprint density at radius 2 is 1.83 bits per heavy atom. The van der Waals surface area contributed by atoms with Crippen LogP contribution in [0.2, 0.25) is 5.02 Å². The van der Waals surface area contributed by atoms with Gasteiger partial charge in [0.05, 0.1) is 22.8 Å². The van der Waals surface area contributed by atoms with Gasteiger partial charge < -0.3 is 4.90 Å². The van der Waals surface area contributed by atoms with Crippen molar-refractivity contribution >= 4 is 17.5 Å². The number of aromatic nitrogens is 2. The van der Waals surface area contributed by atoms with Crippen molar-refractivity contribution in [2.45, 2.75) is 26.1 Å². The Morgan fingerprint density at radius 3 is 2.48 bits per heavy atom. The fourth-order valence-corrected chi connectivity index (χ4v) is 3.93. The number of rotatable bonds is 2. The van der Waals surface area contributed by atoms with Crippen molar-refractivity contribution in [3.63, 3.8) is 0 Å². The van der Waals surface area contributed by atoms with Gasteiger partial charge in [-0.15, -0.1) is 0 Å². The van der Waals surface area contributed by atoms with Gasteiger partial charge in [-0.1, -0.05) is 35.9 Å². The number of carbonyl (C=O) groups is 1. The van der Waals surface area contributed by atoms with Gasteiger partial charge in [0.15, 0.2) is 0 Å². The molecule has 2 heterocycles. The second-order valence-corrected chi connectivity index (χ2v) is 7.23. The van der Waals surface area contributed by atoms with E-state index in [1.54, 1.807) is 4.90 Å². The summed E-state index contributed by atoms with van der Waals surface area (Å²) in [6.07, 6.45) is -4.02. The Hall–Kier alpha value is -2.80. The first-order valence-corrected chi connectivity index (χ1v) is 9.42. The topological polar surface area (TPSA) is 38.1 Å². The van der Waals surface area contributed by atoms with Crippen molar-refractivity contribution in [3.8, 4) is 17.1 Å². The molecule has 0 spiro atoms. The van der Waals surface area contributed by atoms with Gasteiger partial charge in [0, 0.05) is 36.8 Å². The van der Waals surface area contributed by atoms with E-state index in [1.807, 2.05) is 34.9 Å². The third-order valence-electron chi connectivity index (χ3n) is 5.02. The maximum atomic E-state index is 13.4. The maximum Gasteiger partial charge on any atom is 0.417 e. The quantitative estimate of drug-likeness (QED) is 0.578. The fourth-order valence-electron chi connectivity index (χ4n) is 3.61. The molecule has 0 fully saturated rings. The van der Waals surface area contributed by atoms with E-state index in [4.69, 9.17) is 11.6 Å². The summed E-state index contributed by atoms with van der Waals surface area (Å²) < 4.78 is 42.0. The molecule has 1 aliphatic rings. The number of para-hydroxylation sites is 1. The summed E-state index contributed by atoms with van der Waals surface area (Å²) in [5, 5.41) is -0.386. The Balaban J connectivity index is 1.94. The average Bonchev–Trinajstić information content (AvgIpc) is 3.06. The van der Waals surface area contributed by atoms with E-state index in [0.29, 0.717) is 31.0 Å². The number of hydrogen-bond donors (Lipinski definition) is 0. The lowest BCUT2D eigenvalue weighted by Gasteiger charge is -2.26. The molecule has 0 unspecified atom stereocenters. The SMILES string of the molecule is CC(=O)N1CCc2c(nc(-c3cccc(C(F)(F)F)c3Cl)n2-c2ccccc2)C1. The molecule has 2 aromatic carbocycles. The Labute approximate surface area is 170 Å². The molecule has 0 saturated heterocycles. The highest BCUT2D eigenvalue weighted by Gasteiger charge is 2.35. The fraction of sp³-hybridized carbons (Fsp3) is 0.238. The third-order valence-corrected chi connectivity index (χ3v) is 5.43. The van der Waals surface area contributed by atoms with E-state index in [0.717, 1.165) is 17.4 Å². The summed E-state index contributed by atoms with van der Waals surface area (Å²) in [7, 11) is 0. The molecule has 8 heteroatoms. The molecule has 1 aliphatic heterocycles. The van der Waals surface area contributed by atoms with E-state index in [-0.39, 0.29) is 16.5 Å². The van der Waals surface area contributed by atoms with Crippen LogP contribution in [0.25, 0.3) is 17.1 Å². The van der Waals surface area contributed by atoms with Gasteiger partial charge in [0.1, 0.15) is 5.82 Å². The molecule has 4 nitrogen and oxygen atoms in total. The molecule has 29 heavy (non-hydrogen) atoms. The van der Waals surface area contributed by atoms with E-state index in [9.17, 15) is 18.0 Å². The van der Waals surface area contributed by atoms with Crippen LogP contribution in [0.4, 0.5) is 13.2 Å². The van der Waals surface area contributed by atoms with Crippen LogP contribution in [-0.2, 0) is 23.9 Å². The van der Waals surface area contributed by atoms with Crippen molar-refractivity contribution in [2.75, 3.05) is 6.54 Å². The molecule has 3 aromatic rings. The first-order chi connectivity index (χ1) is 13.8. The van der Waals surface area contributed by atoms with Crippen LogP contribution in [-0.4, -0.2) is 26.9 Å². The Kier molecular flexibility index (Phi) is 4.86. The van der Waals surface area contributed by atoms with Gasteiger partial charge in [0.2, 0.25) is 5.91 Å². The van der Waals surface area contributed by atoms with E-state index < -0.39 is 11.7 Å². The van der Waals surface area contributed by atoms with Crippen LogP contribution in [0.15, 0.2) is 48.5 Å². The van der Waals surface area contributed by atoms with Crippen molar-refractivity contribution in [1.29, 1.82) is 0 Å². The lowest BCUT2D eigenvalue weighted by Crippen LogP contribution is -2.34. The number of nitrogens with zero attached hydrogens (tertiary/aromatic N) is 3. The zero-order chi connectivity index (χ0) is 20.8. The van der Waals surface area contributed by atoms with Gasteiger partial charge >= 0.3 is 6.18 Å². The minimum atomic E-state index is -4.57. The molecule has 4 rings (SSSR count). The normalized spacial score (nSPS) is 14.0. The van der Waals surface area contributed by atoms with Gasteiger partial charge in [-0.2, -0.15) is 13.2 Å². The largest absolute Gasteiger partial charge is 0.417 e. The molecule has 0 bridgehead atoms. The van der Waals surface area contributed by atoms with Crippen LogP contribution >= 0.6 is 11.6 Å². The van der Waals surface area contributed by atoms with Gasteiger partial charge in [-0.25, -0.2) is 4.98 Å². The molecule has 0 saturated carbocycles. The van der Waals surface area contributed by atoms with Crippen LogP contribution in [0.5, 0.6) is 0 Å². The number of carbonyl (C=O) groups excluding carboxylic acids is 1. The molecular formula is C21H17ClF3N3O. The zero-order valence-corrected chi connectivity index (χ0v) is 16.3. The molecule has 1 amide bonds. The minimum Gasteiger partial charge on any atom is -0.337 e. The van der Waals surface area contributed by atoms with Crippen molar-refractivity contribution in [2.24, 2.45) is 0 Å². The molecule has 150 valence electrons. The van der Waals surface area contributed by atoms with E-state index in [1.165, 1.54) is 19.1 Å². The molecule has 0 radical (unpaired) electrons. The number of amides is 1. The standard InChI is InChI=1S/C21H17ClF3N3O/c1-13(29)27-11-10-18-17(12-27)26-20(28(18)14-6-3-2-4-7-14)15-8-5-9-16(19(15)22)21(23,24)25/h2-9H,10-12H2,1H3. The number of fused-ring (bicyclic) bond motifs is 1. The number of alkyl halides is 3. The first kappa shape index (κ1) is 19.5. The smallest absolute Gasteiger partial charge is 0.337 e. The third kappa shape index (κ3) is 3.51. The number of imidazole rings is 1. The molecular weight excluding hydrogens is 403 g/mol. The van der Waals surface area contributed by atoms with Crippen LogP contribution in [0, 0.1) is 0 Å². The van der Waals surface area contributed by atoms with Gasteiger partial charge in [-0.05, 0) is 24.3 Å². The number of hydrogen-bond acceptors (Lipinski definition) is 2. The zero-order valence-electron chi connectivity index (χ0n) is 15.5. The van der Waals surface area contributed by atoms with Crippen molar-refractivity contribution in [3.05, 3.63) is 70.5 Å². The van der Waals surface area contributed by atoms with E-state index in [2.05, 4.69) is 4.98 Å². The minimum absolute atomic E-state index is 0.0661. The highest BCUT2D eigenvalue weighted by atomic mass is 35.5. The summed E-state index contributed by atoms with van der Waals surface area (Å²) >= 11 is 6.19. The van der Waals surface area contributed by atoms with E-state index >= 15 is 0 Å². The summed E-state index contributed by atoms with van der Waals surface area (Å²) in [5.74, 6) is 0.270. The monoisotopic (exact) mass is 419 g/mol. The average molecular weight is 420 g/mol. The Bertz CT molecular complexity index is 1080. The second-order valence-electron chi connectivity index (χ2n) is 6.86. The number of benzene rings is 2. The van der Waals surface area contributed by atoms with Crippen molar-refractivity contribution in [1.82, 2.24) is 14.5 Å². The summed E-state index contributed by atoms with van der Waals surface area (Å²) in [6.45, 7) is 2.33.